The molecular formula is C32H37ClN4O6. The summed E-state index contributed by atoms with van der Waals surface area (Å²) >= 11 is 6.37. The van der Waals surface area contributed by atoms with E-state index in [0.29, 0.717) is 29.9 Å². The zero-order valence-corrected chi connectivity index (χ0v) is 25.5. The number of nitrogens with one attached hydrogen (secondary N) is 2. The standard InChI is InChI=1S/C32H37ClN4O6/c1-5-22(17-38)34-30(39)26-15-23(42-18-21-11-7-6-8-12-21)16-37(26)32(41)28(19(2)3)35-31(40)27-20(4)43-36-29(27)24-13-9-10-14-25(24)33/h6-14,17,19,22-23,26,28H,5,15-16,18H2,1-4H3,(H,34,39)(H,35,40)/t22-,23+,26-,28-/m0/s1. The van der Waals surface area contributed by atoms with E-state index in [1.807, 2.05) is 44.2 Å². The topological polar surface area (TPSA) is 131 Å². The van der Waals surface area contributed by atoms with Crippen LogP contribution in [-0.4, -0.2) is 64.8 Å². The molecule has 1 fully saturated rings. The molecule has 2 aromatic carbocycles. The van der Waals surface area contributed by atoms with E-state index in [9.17, 15) is 19.2 Å². The lowest BCUT2D eigenvalue weighted by Gasteiger charge is -2.30. The molecular weight excluding hydrogens is 572 g/mol. The Labute approximate surface area is 256 Å². The van der Waals surface area contributed by atoms with Crippen LogP contribution in [0.1, 0.15) is 55.3 Å². The van der Waals surface area contributed by atoms with Crippen molar-refractivity contribution in [2.24, 2.45) is 5.92 Å². The maximum Gasteiger partial charge on any atom is 0.257 e. The minimum atomic E-state index is -0.975. The molecule has 228 valence electrons. The van der Waals surface area contributed by atoms with Gasteiger partial charge in [0.1, 0.15) is 35.4 Å². The number of rotatable bonds is 12. The molecule has 1 aliphatic heterocycles. The lowest BCUT2D eigenvalue weighted by Crippen LogP contribution is -2.56. The molecule has 10 nitrogen and oxygen atoms in total. The van der Waals surface area contributed by atoms with Gasteiger partial charge in [0.05, 0.1) is 23.8 Å². The van der Waals surface area contributed by atoms with E-state index in [0.717, 1.165) is 5.56 Å². The molecule has 3 amide bonds. The first-order valence-electron chi connectivity index (χ1n) is 14.4. The Morgan fingerprint density at radius 2 is 1.81 bits per heavy atom. The van der Waals surface area contributed by atoms with Crippen molar-refractivity contribution in [1.29, 1.82) is 0 Å². The van der Waals surface area contributed by atoms with Crippen molar-refractivity contribution in [3.8, 4) is 11.3 Å². The van der Waals surface area contributed by atoms with Gasteiger partial charge in [-0.25, -0.2) is 0 Å². The number of benzene rings is 2. The number of aldehydes is 1. The van der Waals surface area contributed by atoms with Crippen LogP contribution in [0.15, 0.2) is 59.1 Å². The molecule has 43 heavy (non-hydrogen) atoms. The summed E-state index contributed by atoms with van der Waals surface area (Å²) in [6.45, 7) is 7.49. The van der Waals surface area contributed by atoms with Gasteiger partial charge < -0.3 is 29.6 Å². The smallest absolute Gasteiger partial charge is 0.257 e. The third-order valence-corrected chi connectivity index (χ3v) is 7.88. The second-order valence-electron chi connectivity index (χ2n) is 11.0. The minimum absolute atomic E-state index is 0.151. The summed E-state index contributed by atoms with van der Waals surface area (Å²) < 4.78 is 11.5. The fourth-order valence-electron chi connectivity index (χ4n) is 5.09. The Bertz CT molecular complexity index is 1440. The highest BCUT2D eigenvalue weighted by molar-refractivity contribution is 6.33. The molecule has 4 atom stereocenters. The third kappa shape index (κ3) is 7.50. The number of hydrogen-bond donors (Lipinski definition) is 2. The van der Waals surface area contributed by atoms with E-state index in [1.165, 1.54) is 4.90 Å². The van der Waals surface area contributed by atoms with Crippen molar-refractivity contribution >= 4 is 35.6 Å². The lowest BCUT2D eigenvalue weighted by molar-refractivity contribution is -0.141. The molecule has 1 saturated heterocycles. The van der Waals surface area contributed by atoms with Gasteiger partial charge in [-0.3, -0.25) is 14.4 Å². The van der Waals surface area contributed by atoms with Crippen LogP contribution in [-0.2, 0) is 25.7 Å². The van der Waals surface area contributed by atoms with Gasteiger partial charge in [-0.2, -0.15) is 0 Å². The Hall–Kier alpha value is -4.02. The van der Waals surface area contributed by atoms with Gasteiger partial charge >= 0.3 is 0 Å². The highest BCUT2D eigenvalue weighted by Gasteiger charge is 2.44. The van der Waals surface area contributed by atoms with Gasteiger partial charge in [0, 0.05) is 18.5 Å². The summed E-state index contributed by atoms with van der Waals surface area (Å²) in [5.41, 5.74) is 1.92. The van der Waals surface area contributed by atoms with Crippen molar-refractivity contribution in [2.45, 2.75) is 71.4 Å². The van der Waals surface area contributed by atoms with Crippen molar-refractivity contribution in [3.63, 3.8) is 0 Å². The second-order valence-corrected chi connectivity index (χ2v) is 11.4. The Balaban J connectivity index is 1.57. The summed E-state index contributed by atoms with van der Waals surface area (Å²) in [4.78, 5) is 54.0. The number of amides is 3. The number of halogens is 1. The first-order valence-corrected chi connectivity index (χ1v) is 14.8. The van der Waals surface area contributed by atoms with Gasteiger partial charge in [-0.1, -0.05) is 86.1 Å². The summed E-state index contributed by atoms with van der Waals surface area (Å²) in [6, 6.07) is 14.0. The zero-order valence-electron chi connectivity index (χ0n) is 24.7. The van der Waals surface area contributed by atoms with Crippen LogP contribution in [0.25, 0.3) is 11.3 Å². The van der Waals surface area contributed by atoms with Crippen LogP contribution < -0.4 is 10.6 Å². The van der Waals surface area contributed by atoms with E-state index in [-0.39, 0.29) is 35.9 Å². The van der Waals surface area contributed by atoms with Gasteiger partial charge in [0.2, 0.25) is 11.8 Å². The van der Waals surface area contributed by atoms with Gasteiger partial charge in [-0.15, -0.1) is 0 Å². The van der Waals surface area contributed by atoms with E-state index < -0.39 is 42.0 Å². The summed E-state index contributed by atoms with van der Waals surface area (Å²) in [7, 11) is 0. The Kier molecular flexibility index (Phi) is 10.7. The highest BCUT2D eigenvalue weighted by atomic mass is 35.5. The molecule has 2 N–H and O–H groups in total. The molecule has 3 aromatic rings. The third-order valence-electron chi connectivity index (χ3n) is 7.55. The van der Waals surface area contributed by atoms with Crippen molar-refractivity contribution in [1.82, 2.24) is 20.7 Å². The van der Waals surface area contributed by atoms with Crippen LogP contribution in [0.4, 0.5) is 0 Å². The molecule has 0 unspecified atom stereocenters. The van der Waals surface area contributed by atoms with Crippen molar-refractivity contribution < 1.29 is 28.4 Å². The van der Waals surface area contributed by atoms with E-state index >= 15 is 0 Å². The summed E-state index contributed by atoms with van der Waals surface area (Å²) in [6.07, 6.45) is 0.921. The Morgan fingerprint density at radius 3 is 2.47 bits per heavy atom. The average Bonchev–Trinajstić information content (AvgIpc) is 3.61. The number of carbonyl (C=O) groups is 4. The number of hydrogen-bond acceptors (Lipinski definition) is 7. The quantitative estimate of drug-likeness (QED) is 0.293. The molecule has 0 spiro atoms. The number of likely N-dealkylation sites (tertiary alicyclic amines) is 1. The number of nitrogens with zero attached hydrogens (tertiary/aromatic N) is 2. The molecule has 4 rings (SSSR count). The molecule has 1 aliphatic rings. The maximum atomic E-state index is 14.1. The van der Waals surface area contributed by atoms with Crippen molar-refractivity contribution in [3.05, 3.63) is 76.5 Å². The number of ether oxygens (including phenoxy) is 1. The predicted molar refractivity (Wildman–Crippen MR) is 161 cm³/mol. The monoisotopic (exact) mass is 608 g/mol. The van der Waals surface area contributed by atoms with E-state index in [4.69, 9.17) is 20.9 Å². The maximum absolute atomic E-state index is 14.1. The molecule has 0 radical (unpaired) electrons. The number of carbonyl (C=O) groups excluding carboxylic acids is 4. The number of aromatic nitrogens is 1. The number of aryl methyl sites for hydroxylation is 1. The van der Waals surface area contributed by atoms with Gasteiger partial charge in [0.15, 0.2) is 0 Å². The summed E-state index contributed by atoms with van der Waals surface area (Å²) in [5, 5.41) is 10.1. The Morgan fingerprint density at radius 1 is 1.12 bits per heavy atom. The molecule has 0 aliphatic carbocycles. The SMILES string of the molecule is CC[C@@H](C=O)NC(=O)[C@@H]1C[C@@H](OCc2ccccc2)CN1C(=O)[C@@H](NC(=O)c1c(-c2ccccc2Cl)noc1C)C(C)C. The highest BCUT2D eigenvalue weighted by Crippen LogP contribution is 2.31. The van der Waals surface area contributed by atoms with Crippen molar-refractivity contribution in [2.75, 3.05) is 6.54 Å². The lowest BCUT2D eigenvalue weighted by atomic mass is 10.00. The first-order chi connectivity index (χ1) is 20.6. The fraction of sp³-hybridized carbons (Fsp3) is 0.406. The van der Waals surface area contributed by atoms with Gasteiger partial charge in [0.25, 0.3) is 5.91 Å². The van der Waals surface area contributed by atoms with Crippen LogP contribution in [0, 0.1) is 12.8 Å². The molecule has 1 aromatic heterocycles. The molecule has 11 heteroatoms. The molecule has 2 heterocycles. The van der Waals surface area contributed by atoms with Crippen LogP contribution in [0.2, 0.25) is 5.02 Å². The van der Waals surface area contributed by atoms with Gasteiger partial charge in [-0.05, 0) is 30.9 Å². The molecule has 0 bridgehead atoms. The largest absolute Gasteiger partial charge is 0.372 e. The van der Waals surface area contributed by atoms with Crippen LogP contribution in [0.5, 0.6) is 0 Å². The van der Waals surface area contributed by atoms with E-state index in [1.54, 1.807) is 38.1 Å². The minimum Gasteiger partial charge on any atom is -0.372 e. The molecule has 0 saturated carbocycles. The van der Waals surface area contributed by atoms with Crippen LogP contribution in [0.3, 0.4) is 0 Å². The van der Waals surface area contributed by atoms with Crippen LogP contribution >= 0.6 is 11.6 Å². The average molecular weight is 609 g/mol. The summed E-state index contributed by atoms with van der Waals surface area (Å²) in [5.74, 6) is -1.48. The zero-order chi connectivity index (χ0) is 31.1. The fourth-order valence-corrected chi connectivity index (χ4v) is 5.32. The predicted octanol–water partition coefficient (Wildman–Crippen LogP) is 4.34. The second kappa shape index (κ2) is 14.4. The normalized spacial score (nSPS) is 17.9. The van der Waals surface area contributed by atoms with E-state index in [2.05, 4.69) is 15.8 Å². The first kappa shape index (κ1) is 31.9.